The second kappa shape index (κ2) is 9.62. The van der Waals surface area contributed by atoms with Gasteiger partial charge in [0.25, 0.3) is 5.91 Å². The Labute approximate surface area is 165 Å². The highest BCUT2D eigenvalue weighted by Crippen LogP contribution is 2.20. The summed E-state index contributed by atoms with van der Waals surface area (Å²) in [6, 6.07) is 17.2. The van der Waals surface area contributed by atoms with Crippen molar-refractivity contribution in [2.24, 2.45) is 0 Å². The molecule has 6 heteroatoms. The lowest BCUT2D eigenvalue weighted by Gasteiger charge is -2.09. The molecule has 0 bridgehead atoms. The summed E-state index contributed by atoms with van der Waals surface area (Å²) in [7, 11) is 1.65. The average molecular weight is 376 g/mol. The number of nitrogens with one attached hydrogen (secondary N) is 2. The van der Waals surface area contributed by atoms with Crippen LogP contribution in [0.1, 0.15) is 22.3 Å². The minimum absolute atomic E-state index is 0.109. The van der Waals surface area contributed by atoms with E-state index in [1.54, 1.807) is 31.5 Å². The summed E-state index contributed by atoms with van der Waals surface area (Å²) in [6.45, 7) is 3.25. The topological polar surface area (TPSA) is 76.1 Å². The molecule has 2 aromatic carbocycles. The molecule has 0 unspecified atom stereocenters. The molecular formula is C22H24N4O2. The number of aromatic nitrogens is 2. The van der Waals surface area contributed by atoms with E-state index < -0.39 is 0 Å². The van der Waals surface area contributed by atoms with Crippen LogP contribution in [0.15, 0.2) is 60.8 Å². The lowest BCUT2D eigenvalue weighted by molar-refractivity contribution is 0.0948. The van der Waals surface area contributed by atoms with Crippen molar-refractivity contribution in [1.82, 2.24) is 15.3 Å². The first kappa shape index (κ1) is 19.5. The van der Waals surface area contributed by atoms with Gasteiger partial charge in [0, 0.05) is 43.3 Å². The van der Waals surface area contributed by atoms with Crippen LogP contribution in [0.4, 0.5) is 11.5 Å². The van der Waals surface area contributed by atoms with Crippen LogP contribution in [-0.2, 0) is 4.74 Å². The van der Waals surface area contributed by atoms with E-state index >= 15 is 0 Å². The van der Waals surface area contributed by atoms with Gasteiger partial charge in [-0.05, 0) is 37.6 Å². The van der Waals surface area contributed by atoms with Crippen molar-refractivity contribution in [3.63, 3.8) is 0 Å². The Balaban J connectivity index is 1.69. The van der Waals surface area contributed by atoms with Crippen LogP contribution in [0.2, 0.25) is 0 Å². The molecule has 1 heterocycles. The highest BCUT2D eigenvalue weighted by atomic mass is 16.5. The van der Waals surface area contributed by atoms with E-state index in [4.69, 9.17) is 4.74 Å². The number of anilines is 2. The molecule has 0 radical (unpaired) electrons. The number of carbonyl (C=O) groups is 1. The van der Waals surface area contributed by atoms with Gasteiger partial charge in [-0.1, -0.05) is 35.9 Å². The summed E-state index contributed by atoms with van der Waals surface area (Å²) in [5, 5.41) is 6.13. The van der Waals surface area contributed by atoms with Gasteiger partial charge >= 0.3 is 0 Å². The molecule has 1 amide bonds. The monoisotopic (exact) mass is 376 g/mol. The van der Waals surface area contributed by atoms with E-state index in [1.807, 2.05) is 43.3 Å². The van der Waals surface area contributed by atoms with E-state index in [0.717, 1.165) is 17.7 Å². The largest absolute Gasteiger partial charge is 0.385 e. The maximum Gasteiger partial charge on any atom is 0.251 e. The predicted molar refractivity (Wildman–Crippen MR) is 111 cm³/mol. The van der Waals surface area contributed by atoms with Gasteiger partial charge in [0.1, 0.15) is 5.82 Å². The maximum atomic E-state index is 12.3. The molecule has 3 aromatic rings. The molecule has 144 valence electrons. The van der Waals surface area contributed by atoms with E-state index in [0.29, 0.717) is 30.4 Å². The molecule has 28 heavy (non-hydrogen) atoms. The van der Waals surface area contributed by atoms with Gasteiger partial charge in [0.2, 0.25) is 0 Å². The van der Waals surface area contributed by atoms with Crippen LogP contribution in [-0.4, -0.2) is 36.1 Å². The van der Waals surface area contributed by atoms with Gasteiger partial charge in [-0.3, -0.25) is 4.79 Å². The Hall–Kier alpha value is -3.25. The molecule has 0 aliphatic heterocycles. The number of nitrogens with zero attached hydrogens (tertiary/aromatic N) is 2. The fourth-order valence-electron chi connectivity index (χ4n) is 2.68. The van der Waals surface area contributed by atoms with Crippen LogP contribution in [0.3, 0.4) is 0 Å². The second-order valence-electron chi connectivity index (χ2n) is 6.44. The standard InChI is InChI=1S/C22H24N4O2/c1-16-7-9-17(10-8-16)21-23-13-11-20(26-21)25-19-6-3-5-18(15-19)22(27)24-12-4-14-28-2/h3,5-11,13,15H,4,12,14H2,1-2H3,(H,24,27)(H,23,25,26). The number of hydrogen-bond acceptors (Lipinski definition) is 5. The minimum atomic E-state index is -0.109. The van der Waals surface area contributed by atoms with Gasteiger partial charge in [0.15, 0.2) is 5.82 Å². The fraction of sp³-hybridized carbons (Fsp3) is 0.227. The summed E-state index contributed by atoms with van der Waals surface area (Å²) < 4.78 is 4.99. The summed E-state index contributed by atoms with van der Waals surface area (Å²) in [4.78, 5) is 21.2. The Morgan fingerprint density at radius 1 is 1.11 bits per heavy atom. The summed E-state index contributed by atoms with van der Waals surface area (Å²) in [5.74, 6) is 1.21. The molecule has 6 nitrogen and oxygen atoms in total. The molecule has 1 aromatic heterocycles. The number of carbonyl (C=O) groups excluding carboxylic acids is 1. The SMILES string of the molecule is COCCCNC(=O)c1cccc(Nc2ccnc(-c3ccc(C)cc3)n2)c1. The minimum Gasteiger partial charge on any atom is -0.385 e. The molecule has 0 spiro atoms. The zero-order valence-electron chi connectivity index (χ0n) is 16.1. The third kappa shape index (κ3) is 5.37. The van der Waals surface area contributed by atoms with Crippen molar-refractivity contribution < 1.29 is 9.53 Å². The van der Waals surface area contributed by atoms with Crippen molar-refractivity contribution in [3.05, 3.63) is 71.9 Å². The first-order valence-corrected chi connectivity index (χ1v) is 9.20. The molecule has 0 aliphatic carbocycles. The highest BCUT2D eigenvalue weighted by Gasteiger charge is 2.07. The zero-order valence-corrected chi connectivity index (χ0v) is 16.1. The molecular weight excluding hydrogens is 352 g/mol. The average Bonchev–Trinajstić information content (AvgIpc) is 2.72. The maximum absolute atomic E-state index is 12.3. The number of amides is 1. The van der Waals surface area contributed by atoms with Gasteiger partial charge in [0.05, 0.1) is 0 Å². The van der Waals surface area contributed by atoms with Gasteiger partial charge < -0.3 is 15.4 Å². The lowest BCUT2D eigenvalue weighted by Crippen LogP contribution is -2.25. The number of methoxy groups -OCH3 is 1. The first-order valence-electron chi connectivity index (χ1n) is 9.20. The fourth-order valence-corrected chi connectivity index (χ4v) is 2.68. The number of aryl methyl sites for hydroxylation is 1. The highest BCUT2D eigenvalue weighted by molar-refractivity contribution is 5.95. The molecule has 0 saturated heterocycles. The van der Waals surface area contributed by atoms with Crippen LogP contribution < -0.4 is 10.6 Å². The smallest absolute Gasteiger partial charge is 0.251 e. The molecule has 0 atom stereocenters. The second-order valence-corrected chi connectivity index (χ2v) is 6.44. The number of rotatable bonds is 8. The van der Waals surface area contributed by atoms with Crippen LogP contribution in [0.5, 0.6) is 0 Å². The normalized spacial score (nSPS) is 10.5. The third-order valence-electron chi connectivity index (χ3n) is 4.17. The van der Waals surface area contributed by atoms with Crippen LogP contribution in [0, 0.1) is 6.92 Å². The quantitative estimate of drug-likeness (QED) is 0.582. The van der Waals surface area contributed by atoms with Crippen molar-refractivity contribution in [2.45, 2.75) is 13.3 Å². The van der Waals surface area contributed by atoms with E-state index in [-0.39, 0.29) is 5.91 Å². The molecule has 0 aliphatic rings. The Kier molecular flexibility index (Phi) is 6.70. The van der Waals surface area contributed by atoms with Crippen LogP contribution >= 0.6 is 0 Å². The Bertz CT molecular complexity index is 926. The van der Waals surface area contributed by atoms with Crippen molar-refractivity contribution in [3.8, 4) is 11.4 Å². The summed E-state index contributed by atoms with van der Waals surface area (Å²) in [6.07, 6.45) is 2.50. The molecule has 2 N–H and O–H groups in total. The molecule has 3 rings (SSSR count). The summed E-state index contributed by atoms with van der Waals surface area (Å²) >= 11 is 0. The van der Waals surface area contributed by atoms with Crippen molar-refractivity contribution >= 4 is 17.4 Å². The van der Waals surface area contributed by atoms with E-state index in [2.05, 4.69) is 20.6 Å². The van der Waals surface area contributed by atoms with Crippen molar-refractivity contribution in [2.75, 3.05) is 25.6 Å². The van der Waals surface area contributed by atoms with Gasteiger partial charge in [-0.15, -0.1) is 0 Å². The zero-order chi connectivity index (χ0) is 19.8. The predicted octanol–water partition coefficient (Wildman–Crippen LogP) is 3.96. The summed E-state index contributed by atoms with van der Waals surface area (Å²) in [5.41, 5.74) is 3.53. The number of benzene rings is 2. The lowest BCUT2D eigenvalue weighted by atomic mass is 10.1. The number of ether oxygens (including phenoxy) is 1. The Morgan fingerprint density at radius 3 is 2.71 bits per heavy atom. The van der Waals surface area contributed by atoms with Crippen molar-refractivity contribution in [1.29, 1.82) is 0 Å². The van der Waals surface area contributed by atoms with Gasteiger partial charge in [-0.2, -0.15) is 0 Å². The first-order chi connectivity index (χ1) is 13.7. The molecule has 0 saturated carbocycles. The molecule has 0 fully saturated rings. The van der Waals surface area contributed by atoms with Gasteiger partial charge in [-0.25, -0.2) is 9.97 Å². The third-order valence-corrected chi connectivity index (χ3v) is 4.17. The Morgan fingerprint density at radius 2 is 1.93 bits per heavy atom. The number of hydrogen-bond donors (Lipinski definition) is 2. The van der Waals surface area contributed by atoms with Crippen LogP contribution in [0.25, 0.3) is 11.4 Å². The van der Waals surface area contributed by atoms with E-state index in [1.165, 1.54) is 5.56 Å². The van der Waals surface area contributed by atoms with E-state index in [9.17, 15) is 4.79 Å².